The molecule has 0 spiro atoms. The highest BCUT2D eigenvalue weighted by molar-refractivity contribution is 7.98. The summed E-state index contributed by atoms with van der Waals surface area (Å²) in [6, 6.07) is 0. The first kappa shape index (κ1) is 21.6. The van der Waals surface area contributed by atoms with Gasteiger partial charge in [-0.25, -0.2) is 14.2 Å². The van der Waals surface area contributed by atoms with Crippen LogP contribution >= 0.6 is 23.4 Å². The van der Waals surface area contributed by atoms with E-state index in [0.29, 0.717) is 13.0 Å². The minimum absolute atomic E-state index is 0.153. The molecule has 1 aliphatic rings. The molecular formula is C18H22ClFN4O4S. The normalized spacial score (nSPS) is 17.4. The molecule has 29 heavy (non-hydrogen) atoms. The minimum Gasteiger partial charge on any atom is -0.453 e. The molecule has 0 radical (unpaired) electrons. The number of amides is 1. The molecule has 158 valence electrons. The SMILES string of the molecule is CSc1nc2c(F)c(Cl)nc(O[C@@H]3CCCCN3C(=O)OC(C)(C)C)c2c(=O)[nH]1. The molecule has 11 heteroatoms. The second-order valence-corrected chi connectivity index (χ2v) is 8.72. The number of fused-ring (bicyclic) bond motifs is 1. The molecule has 8 nitrogen and oxygen atoms in total. The Morgan fingerprint density at radius 1 is 1.34 bits per heavy atom. The number of rotatable bonds is 3. The quantitative estimate of drug-likeness (QED) is 0.434. The minimum atomic E-state index is -0.900. The maximum absolute atomic E-state index is 14.5. The van der Waals surface area contributed by atoms with Crippen LogP contribution in [0.1, 0.15) is 40.0 Å². The lowest BCUT2D eigenvalue weighted by molar-refractivity contribution is -0.0351. The predicted octanol–water partition coefficient (Wildman–Crippen LogP) is 3.96. The Bertz CT molecular complexity index is 994. The van der Waals surface area contributed by atoms with Crippen LogP contribution in [0.2, 0.25) is 5.15 Å². The summed E-state index contributed by atoms with van der Waals surface area (Å²) in [6.45, 7) is 5.74. The summed E-state index contributed by atoms with van der Waals surface area (Å²) in [5.74, 6) is -1.07. The monoisotopic (exact) mass is 444 g/mol. The van der Waals surface area contributed by atoms with E-state index >= 15 is 0 Å². The molecule has 2 aromatic rings. The van der Waals surface area contributed by atoms with E-state index in [2.05, 4.69) is 15.0 Å². The molecule has 1 N–H and O–H groups in total. The molecule has 1 saturated heterocycles. The zero-order valence-corrected chi connectivity index (χ0v) is 18.1. The van der Waals surface area contributed by atoms with E-state index in [1.165, 1.54) is 4.90 Å². The number of halogens is 2. The van der Waals surface area contributed by atoms with Crippen LogP contribution in [0, 0.1) is 5.82 Å². The summed E-state index contributed by atoms with van der Waals surface area (Å²) < 4.78 is 25.8. The Labute approximate surface area is 176 Å². The number of hydrogen-bond acceptors (Lipinski definition) is 7. The second-order valence-electron chi connectivity index (χ2n) is 7.56. The number of hydrogen-bond donors (Lipinski definition) is 1. The Morgan fingerprint density at radius 3 is 2.72 bits per heavy atom. The summed E-state index contributed by atoms with van der Waals surface area (Å²) in [6.07, 6.45) is 2.54. The molecule has 0 saturated carbocycles. The van der Waals surface area contributed by atoms with Crippen LogP contribution < -0.4 is 10.3 Å². The van der Waals surface area contributed by atoms with Gasteiger partial charge >= 0.3 is 6.09 Å². The number of pyridine rings is 1. The summed E-state index contributed by atoms with van der Waals surface area (Å²) >= 11 is 7.07. The molecule has 1 amide bonds. The van der Waals surface area contributed by atoms with E-state index < -0.39 is 34.5 Å². The van der Waals surface area contributed by atoms with Crippen molar-refractivity contribution in [2.45, 2.75) is 57.0 Å². The maximum atomic E-state index is 14.5. The highest BCUT2D eigenvalue weighted by Crippen LogP contribution is 2.30. The third-order valence-corrected chi connectivity index (χ3v) is 5.05. The molecule has 3 rings (SSSR count). The summed E-state index contributed by atoms with van der Waals surface area (Å²) in [4.78, 5) is 37.1. The molecule has 1 atom stereocenters. The van der Waals surface area contributed by atoms with Gasteiger partial charge < -0.3 is 14.5 Å². The maximum Gasteiger partial charge on any atom is 0.413 e. The Hall–Kier alpha value is -2.07. The standard InChI is InChI=1S/C18H22ClFN4O4S/c1-18(2,3)28-17(26)24-8-6-5-7-9(24)27-15-10-12(11(20)13(19)22-15)21-16(29-4)23-14(10)25/h9H,5-8H2,1-4H3,(H,21,23,25)/t9-/m1/s1. The van der Waals surface area contributed by atoms with Gasteiger partial charge in [0, 0.05) is 13.0 Å². The predicted molar refractivity (Wildman–Crippen MR) is 108 cm³/mol. The van der Waals surface area contributed by atoms with Crippen molar-refractivity contribution in [3.63, 3.8) is 0 Å². The van der Waals surface area contributed by atoms with Crippen molar-refractivity contribution in [1.82, 2.24) is 19.9 Å². The van der Waals surface area contributed by atoms with E-state index in [9.17, 15) is 14.0 Å². The molecular weight excluding hydrogens is 423 g/mol. The lowest BCUT2D eigenvalue weighted by atomic mass is 10.1. The number of thioether (sulfide) groups is 1. The van der Waals surface area contributed by atoms with Crippen molar-refractivity contribution in [1.29, 1.82) is 0 Å². The van der Waals surface area contributed by atoms with Gasteiger partial charge in [-0.05, 0) is 39.9 Å². The van der Waals surface area contributed by atoms with Crippen LogP contribution in [0.5, 0.6) is 5.88 Å². The van der Waals surface area contributed by atoms with E-state index in [1.807, 2.05) is 0 Å². The molecule has 2 aromatic heterocycles. The Kier molecular flexibility index (Phi) is 6.23. The largest absolute Gasteiger partial charge is 0.453 e. The fourth-order valence-electron chi connectivity index (χ4n) is 2.97. The first-order chi connectivity index (χ1) is 13.6. The van der Waals surface area contributed by atoms with Crippen LogP contribution in [0.3, 0.4) is 0 Å². The average Bonchev–Trinajstić information content (AvgIpc) is 2.64. The van der Waals surface area contributed by atoms with Gasteiger partial charge in [0.2, 0.25) is 5.88 Å². The first-order valence-electron chi connectivity index (χ1n) is 9.10. The third kappa shape index (κ3) is 4.75. The smallest absolute Gasteiger partial charge is 0.413 e. The van der Waals surface area contributed by atoms with Crippen molar-refractivity contribution in [3.05, 3.63) is 21.3 Å². The lowest BCUT2D eigenvalue weighted by Crippen LogP contribution is -2.48. The van der Waals surface area contributed by atoms with Crippen LogP contribution in [0.4, 0.5) is 9.18 Å². The van der Waals surface area contributed by atoms with E-state index in [1.54, 1.807) is 27.0 Å². The molecule has 0 bridgehead atoms. The molecule has 1 aliphatic heterocycles. The number of H-pyrrole nitrogens is 1. The van der Waals surface area contributed by atoms with Crippen LogP contribution in [-0.4, -0.2) is 50.6 Å². The van der Waals surface area contributed by atoms with E-state index in [0.717, 1.165) is 24.6 Å². The molecule has 0 aromatic carbocycles. The van der Waals surface area contributed by atoms with Gasteiger partial charge in [0.15, 0.2) is 22.4 Å². The number of carbonyl (C=O) groups excluding carboxylic acids is 1. The number of aromatic nitrogens is 3. The Morgan fingerprint density at radius 2 is 2.07 bits per heavy atom. The van der Waals surface area contributed by atoms with Crippen LogP contribution in [0.15, 0.2) is 9.95 Å². The fourth-order valence-corrected chi connectivity index (χ4v) is 3.51. The van der Waals surface area contributed by atoms with Gasteiger partial charge in [0.05, 0.1) is 0 Å². The van der Waals surface area contributed by atoms with Crippen LogP contribution in [0.25, 0.3) is 10.9 Å². The van der Waals surface area contributed by atoms with Crippen molar-refractivity contribution in [2.75, 3.05) is 12.8 Å². The van der Waals surface area contributed by atoms with E-state index in [4.69, 9.17) is 21.1 Å². The van der Waals surface area contributed by atoms with Crippen molar-refractivity contribution < 1.29 is 18.7 Å². The molecule has 1 fully saturated rings. The van der Waals surface area contributed by atoms with Gasteiger partial charge in [-0.2, -0.15) is 4.98 Å². The van der Waals surface area contributed by atoms with Gasteiger partial charge in [-0.1, -0.05) is 23.4 Å². The topological polar surface area (TPSA) is 97.4 Å². The number of carbonyl (C=O) groups is 1. The first-order valence-corrected chi connectivity index (χ1v) is 10.7. The number of likely N-dealkylation sites (tertiary alicyclic amines) is 1. The fraction of sp³-hybridized carbons (Fsp3) is 0.556. The third-order valence-electron chi connectivity index (χ3n) is 4.22. The zero-order chi connectivity index (χ0) is 21.3. The lowest BCUT2D eigenvalue weighted by Gasteiger charge is -2.36. The van der Waals surface area contributed by atoms with Gasteiger partial charge in [0.1, 0.15) is 16.5 Å². The van der Waals surface area contributed by atoms with Crippen molar-refractivity contribution in [2.24, 2.45) is 0 Å². The summed E-state index contributed by atoms with van der Waals surface area (Å²) in [5, 5.41) is -0.376. The van der Waals surface area contributed by atoms with Crippen molar-refractivity contribution in [3.8, 4) is 5.88 Å². The number of piperidine rings is 1. The van der Waals surface area contributed by atoms with Gasteiger partial charge in [0.25, 0.3) is 5.56 Å². The zero-order valence-electron chi connectivity index (χ0n) is 16.5. The van der Waals surface area contributed by atoms with E-state index in [-0.39, 0.29) is 21.9 Å². The molecule has 0 unspecified atom stereocenters. The highest BCUT2D eigenvalue weighted by Gasteiger charge is 2.33. The highest BCUT2D eigenvalue weighted by atomic mass is 35.5. The average molecular weight is 445 g/mol. The Balaban J connectivity index is 2.01. The number of nitrogens with one attached hydrogen (secondary N) is 1. The van der Waals surface area contributed by atoms with Gasteiger partial charge in [-0.15, -0.1) is 0 Å². The summed E-state index contributed by atoms with van der Waals surface area (Å²) in [5.41, 5.74) is -1.50. The van der Waals surface area contributed by atoms with Crippen molar-refractivity contribution >= 4 is 40.4 Å². The summed E-state index contributed by atoms with van der Waals surface area (Å²) in [7, 11) is 0. The molecule has 0 aliphatic carbocycles. The number of ether oxygens (including phenoxy) is 2. The number of aromatic amines is 1. The van der Waals surface area contributed by atoms with Crippen LogP contribution in [-0.2, 0) is 4.74 Å². The van der Waals surface area contributed by atoms with Gasteiger partial charge in [-0.3, -0.25) is 9.69 Å². The number of nitrogens with zero attached hydrogens (tertiary/aromatic N) is 3. The molecule has 3 heterocycles. The second kappa shape index (κ2) is 8.35.